The van der Waals surface area contributed by atoms with E-state index in [9.17, 15) is 14.4 Å². The third kappa shape index (κ3) is 5.06. The molecule has 1 aliphatic rings. The number of rotatable bonds is 6. The number of esters is 1. The van der Waals surface area contributed by atoms with Crippen LogP contribution < -0.4 is 4.74 Å². The molecular weight excluding hydrogens is 440 g/mol. The number of para-hydroxylation sites is 1. The Kier molecular flexibility index (Phi) is 6.86. The van der Waals surface area contributed by atoms with Crippen molar-refractivity contribution in [2.45, 2.75) is 13.0 Å². The molecule has 1 saturated heterocycles. The van der Waals surface area contributed by atoms with Crippen molar-refractivity contribution in [2.24, 2.45) is 0 Å². The van der Waals surface area contributed by atoms with Crippen LogP contribution in [-0.2, 0) is 14.3 Å². The number of hydrogen-bond donors (Lipinski definition) is 0. The highest BCUT2D eigenvalue weighted by molar-refractivity contribution is 5.90. The number of piperazine rings is 1. The van der Waals surface area contributed by atoms with Gasteiger partial charge in [0.15, 0.2) is 6.61 Å². The number of methoxy groups -OCH3 is 1. The van der Waals surface area contributed by atoms with E-state index < -0.39 is 12.0 Å². The van der Waals surface area contributed by atoms with Gasteiger partial charge in [0.1, 0.15) is 11.8 Å². The van der Waals surface area contributed by atoms with Gasteiger partial charge in [-0.2, -0.15) is 4.98 Å². The molecule has 0 aliphatic carbocycles. The molecule has 3 aromatic rings. The summed E-state index contributed by atoms with van der Waals surface area (Å²) in [5, 5.41) is 4.03. The maximum Gasteiger partial charge on any atom is 0.337 e. The van der Waals surface area contributed by atoms with Crippen LogP contribution in [0.25, 0.3) is 11.4 Å². The number of nitrogens with zero attached hydrogens (tertiary/aromatic N) is 4. The van der Waals surface area contributed by atoms with Crippen molar-refractivity contribution in [3.05, 3.63) is 66.1 Å². The molecule has 1 unspecified atom stereocenters. The van der Waals surface area contributed by atoms with E-state index in [1.807, 2.05) is 18.2 Å². The Hall–Kier alpha value is -4.21. The molecule has 0 saturated carbocycles. The first-order chi connectivity index (χ1) is 16.5. The molecule has 10 nitrogen and oxygen atoms in total. The van der Waals surface area contributed by atoms with Crippen molar-refractivity contribution in [1.82, 2.24) is 19.9 Å². The molecule has 0 radical (unpaired) electrons. The summed E-state index contributed by atoms with van der Waals surface area (Å²) >= 11 is 0. The first-order valence-electron chi connectivity index (χ1n) is 10.7. The largest absolute Gasteiger partial charge is 0.484 e. The summed E-state index contributed by atoms with van der Waals surface area (Å²) in [6.07, 6.45) is 0. The van der Waals surface area contributed by atoms with Crippen LogP contribution in [0.3, 0.4) is 0 Å². The van der Waals surface area contributed by atoms with Crippen LogP contribution in [0.1, 0.15) is 29.2 Å². The molecule has 0 spiro atoms. The summed E-state index contributed by atoms with van der Waals surface area (Å²) in [6.45, 7) is 2.23. The van der Waals surface area contributed by atoms with E-state index in [4.69, 9.17) is 14.0 Å². The number of hydrogen-bond acceptors (Lipinski definition) is 8. The molecule has 4 rings (SSSR count). The topological polar surface area (TPSA) is 115 Å². The maximum absolute atomic E-state index is 13.0. The maximum atomic E-state index is 13.0. The van der Waals surface area contributed by atoms with Crippen molar-refractivity contribution in [2.75, 3.05) is 33.4 Å². The first kappa shape index (κ1) is 23.0. The third-order valence-electron chi connectivity index (χ3n) is 5.52. The van der Waals surface area contributed by atoms with Gasteiger partial charge < -0.3 is 23.8 Å². The predicted molar refractivity (Wildman–Crippen MR) is 120 cm³/mol. The Morgan fingerprint density at radius 1 is 1.09 bits per heavy atom. The van der Waals surface area contributed by atoms with Crippen LogP contribution in [0.15, 0.2) is 59.1 Å². The zero-order chi connectivity index (χ0) is 24.1. The summed E-state index contributed by atoms with van der Waals surface area (Å²) < 4.78 is 15.9. The zero-order valence-corrected chi connectivity index (χ0v) is 18.8. The van der Waals surface area contributed by atoms with E-state index in [2.05, 4.69) is 10.1 Å². The Labute approximate surface area is 196 Å². The third-order valence-corrected chi connectivity index (χ3v) is 5.52. The van der Waals surface area contributed by atoms with Gasteiger partial charge in [-0.25, -0.2) is 4.79 Å². The van der Waals surface area contributed by atoms with Gasteiger partial charge in [-0.3, -0.25) is 9.59 Å². The van der Waals surface area contributed by atoms with Gasteiger partial charge in [0.05, 0.1) is 19.2 Å². The molecule has 0 bridgehead atoms. The highest BCUT2D eigenvalue weighted by atomic mass is 16.5. The van der Waals surface area contributed by atoms with E-state index in [1.54, 1.807) is 46.2 Å². The standard InChI is InChI=1S/C24H24N4O6/c1-16(29)27-11-12-28(21(30)15-33-19-9-4-3-5-10-19)20(14-27)23-25-22(26-34-23)17-7-6-8-18(13-17)24(31)32-2/h3-10,13,20H,11-12,14-15H2,1-2H3. The molecule has 2 amide bonds. The van der Waals surface area contributed by atoms with Crippen LogP contribution in [-0.4, -0.2) is 71.1 Å². The monoisotopic (exact) mass is 464 g/mol. The molecule has 1 atom stereocenters. The van der Waals surface area contributed by atoms with Crippen molar-refractivity contribution >= 4 is 17.8 Å². The lowest BCUT2D eigenvalue weighted by molar-refractivity contribution is -0.144. The summed E-state index contributed by atoms with van der Waals surface area (Å²) in [6, 6.07) is 15.1. The molecule has 2 heterocycles. The molecule has 1 fully saturated rings. The van der Waals surface area contributed by atoms with Gasteiger partial charge in [-0.05, 0) is 24.3 Å². The highest BCUT2D eigenvalue weighted by Gasteiger charge is 2.36. The van der Waals surface area contributed by atoms with Crippen LogP contribution >= 0.6 is 0 Å². The molecule has 176 valence electrons. The van der Waals surface area contributed by atoms with Crippen LogP contribution in [0.4, 0.5) is 0 Å². The minimum Gasteiger partial charge on any atom is -0.484 e. The fraction of sp³-hybridized carbons (Fsp3) is 0.292. The van der Waals surface area contributed by atoms with Crippen molar-refractivity contribution < 1.29 is 28.4 Å². The minimum atomic E-state index is -0.630. The number of amides is 2. The number of carbonyl (C=O) groups excluding carboxylic acids is 3. The second kappa shape index (κ2) is 10.2. The van der Waals surface area contributed by atoms with Gasteiger partial charge in [-0.1, -0.05) is 35.5 Å². The van der Waals surface area contributed by atoms with Crippen molar-refractivity contribution in [3.63, 3.8) is 0 Å². The van der Waals surface area contributed by atoms with Gasteiger partial charge in [0, 0.05) is 25.6 Å². The quantitative estimate of drug-likeness (QED) is 0.511. The van der Waals surface area contributed by atoms with Gasteiger partial charge in [-0.15, -0.1) is 0 Å². The van der Waals surface area contributed by atoms with E-state index in [1.165, 1.54) is 14.0 Å². The lowest BCUT2D eigenvalue weighted by Gasteiger charge is -2.39. The average molecular weight is 464 g/mol. The normalized spacial score (nSPS) is 15.6. The van der Waals surface area contributed by atoms with Crippen molar-refractivity contribution in [1.29, 1.82) is 0 Å². The Morgan fingerprint density at radius 3 is 2.62 bits per heavy atom. The minimum absolute atomic E-state index is 0.108. The molecule has 2 aromatic carbocycles. The lowest BCUT2D eigenvalue weighted by Crippen LogP contribution is -2.53. The number of carbonyl (C=O) groups is 3. The second-order valence-electron chi connectivity index (χ2n) is 7.70. The summed E-state index contributed by atoms with van der Waals surface area (Å²) in [5.41, 5.74) is 0.907. The van der Waals surface area contributed by atoms with E-state index in [0.717, 1.165) is 0 Å². The van der Waals surface area contributed by atoms with Crippen LogP contribution in [0.2, 0.25) is 0 Å². The molecule has 0 N–H and O–H groups in total. The van der Waals surface area contributed by atoms with Crippen molar-refractivity contribution in [3.8, 4) is 17.1 Å². The Bertz CT molecular complexity index is 1180. The summed E-state index contributed by atoms with van der Waals surface area (Å²) in [5.74, 6) is 0.184. The Morgan fingerprint density at radius 2 is 1.88 bits per heavy atom. The van der Waals surface area contributed by atoms with E-state index in [-0.39, 0.29) is 36.7 Å². The second-order valence-corrected chi connectivity index (χ2v) is 7.70. The molecule has 1 aromatic heterocycles. The fourth-order valence-electron chi connectivity index (χ4n) is 3.71. The van der Waals surface area contributed by atoms with Gasteiger partial charge in [0.2, 0.25) is 11.7 Å². The van der Waals surface area contributed by atoms with E-state index in [0.29, 0.717) is 30.0 Å². The molecular formula is C24H24N4O6. The number of aromatic nitrogens is 2. The molecule has 10 heteroatoms. The molecule has 1 aliphatic heterocycles. The smallest absolute Gasteiger partial charge is 0.337 e. The lowest BCUT2D eigenvalue weighted by atomic mass is 10.1. The van der Waals surface area contributed by atoms with E-state index >= 15 is 0 Å². The van der Waals surface area contributed by atoms with Gasteiger partial charge >= 0.3 is 5.97 Å². The Balaban J connectivity index is 1.56. The SMILES string of the molecule is COC(=O)c1cccc(-c2noc(C3CN(C(C)=O)CCN3C(=O)COc3ccccc3)n2)c1. The predicted octanol–water partition coefficient (Wildman–Crippen LogP) is 2.33. The van der Waals surface area contributed by atoms with Gasteiger partial charge in [0.25, 0.3) is 11.8 Å². The summed E-state index contributed by atoms with van der Waals surface area (Å²) in [7, 11) is 1.30. The van der Waals surface area contributed by atoms with Crippen LogP contribution in [0.5, 0.6) is 5.75 Å². The number of ether oxygens (including phenoxy) is 2. The highest BCUT2D eigenvalue weighted by Crippen LogP contribution is 2.27. The van der Waals surface area contributed by atoms with Crippen LogP contribution in [0, 0.1) is 0 Å². The first-order valence-corrected chi connectivity index (χ1v) is 10.7. The average Bonchev–Trinajstić information content (AvgIpc) is 3.37. The summed E-state index contributed by atoms with van der Waals surface area (Å²) in [4.78, 5) is 44.6. The molecule has 34 heavy (non-hydrogen) atoms. The zero-order valence-electron chi connectivity index (χ0n) is 18.8. The fourth-order valence-corrected chi connectivity index (χ4v) is 3.71. The number of benzene rings is 2.